The molecule has 2 aromatic rings. The van der Waals surface area contributed by atoms with Crippen molar-refractivity contribution in [1.29, 1.82) is 0 Å². The number of benzene rings is 2. The molecule has 0 aromatic heterocycles. The van der Waals surface area contributed by atoms with Crippen molar-refractivity contribution in [2.24, 2.45) is 10.9 Å². The molecule has 0 saturated carbocycles. The normalized spacial score (nSPS) is 23.2. The van der Waals surface area contributed by atoms with Crippen LogP contribution in [0.3, 0.4) is 0 Å². The quantitative estimate of drug-likeness (QED) is 0.455. The highest BCUT2D eigenvalue weighted by Crippen LogP contribution is 2.30. The van der Waals surface area contributed by atoms with E-state index in [1.165, 1.54) is 25.5 Å². The molecule has 0 amide bonds. The Balaban J connectivity index is 1.97. The van der Waals surface area contributed by atoms with E-state index in [0.29, 0.717) is 12.0 Å². The molecule has 0 saturated heterocycles. The predicted molar refractivity (Wildman–Crippen MR) is 141 cm³/mol. The topological polar surface area (TPSA) is 24.4 Å². The van der Waals surface area contributed by atoms with Gasteiger partial charge in [-0.3, -0.25) is 4.99 Å². The smallest absolute Gasteiger partial charge is 0.0725 e. The zero-order valence-corrected chi connectivity index (χ0v) is 21.2. The van der Waals surface area contributed by atoms with Gasteiger partial charge >= 0.3 is 0 Å². The van der Waals surface area contributed by atoms with Crippen molar-refractivity contribution < 1.29 is 0 Å². The lowest BCUT2D eigenvalue weighted by atomic mass is 9.88. The molecule has 160 valence electrons. The molecular formula is C27H28ClIN2. The van der Waals surface area contributed by atoms with E-state index >= 15 is 0 Å². The summed E-state index contributed by atoms with van der Waals surface area (Å²) in [5.41, 5.74) is 7.16. The Bertz CT molecular complexity index is 1220. The van der Waals surface area contributed by atoms with Crippen LogP contribution in [0.15, 0.2) is 71.4 Å². The molecule has 1 N–H and O–H groups in total. The molecule has 0 fully saturated rings. The summed E-state index contributed by atoms with van der Waals surface area (Å²) in [5.74, 6) is 0.469. The lowest BCUT2D eigenvalue weighted by Gasteiger charge is -2.23. The summed E-state index contributed by atoms with van der Waals surface area (Å²) >= 11 is 8.77. The van der Waals surface area contributed by atoms with Gasteiger partial charge in [-0.05, 0) is 119 Å². The van der Waals surface area contributed by atoms with Gasteiger partial charge in [-0.15, -0.1) is 0 Å². The average Bonchev–Trinajstić information content (AvgIpc) is 2.88. The second-order valence-electron chi connectivity index (χ2n) is 8.67. The van der Waals surface area contributed by atoms with E-state index < -0.39 is 0 Å². The standard InChI is InChI=1S/C27H28ClIN2/c1-16-11-20(7-6-19(4)31-15-16)26-18(3)9-10-30-25-13-21(12-24(29)27(25)26)23-14-22(28)8-5-17(23)2/h5,8-14,16,19,31H,3,6-7,15H2,1-2,4H3/b20-11-/t16-,19-/m1/s1. The van der Waals surface area contributed by atoms with E-state index in [0.717, 1.165) is 46.5 Å². The minimum absolute atomic E-state index is 0.469. The third-order valence-electron chi connectivity index (χ3n) is 6.08. The Labute approximate surface area is 203 Å². The number of fused-ring (bicyclic) bond motifs is 1. The third kappa shape index (κ3) is 4.89. The van der Waals surface area contributed by atoms with Gasteiger partial charge in [0, 0.05) is 32.6 Å². The highest BCUT2D eigenvalue weighted by Gasteiger charge is 2.19. The molecule has 4 heteroatoms. The van der Waals surface area contributed by atoms with Gasteiger partial charge in [-0.2, -0.15) is 0 Å². The number of allylic oxidation sites excluding steroid dienone is 3. The summed E-state index contributed by atoms with van der Waals surface area (Å²) in [4.78, 5) is 4.82. The zero-order chi connectivity index (χ0) is 22.1. The summed E-state index contributed by atoms with van der Waals surface area (Å²) in [6.45, 7) is 12.1. The van der Waals surface area contributed by atoms with E-state index in [-0.39, 0.29) is 0 Å². The Hall–Kier alpha value is -1.69. The number of nitrogens with one attached hydrogen (secondary N) is 1. The summed E-state index contributed by atoms with van der Waals surface area (Å²) < 4.78 is 1.19. The van der Waals surface area contributed by atoms with Crippen molar-refractivity contribution in [3.63, 3.8) is 0 Å². The van der Waals surface area contributed by atoms with Crippen molar-refractivity contribution in [2.75, 3.05) is 6.54 Å². The highest BCUT2D eigenvalue weighted by atomic mass is 127. The first-order valence-electron chi connectivity index (χ1n) is 10.8. The van der Waals surface area contributed by atoms with Gasteiger partial charge in [0.1, 0.15) is 0 Å². The summed E-state index contributed by atoms with van der Waals surface area (Å²) in [6.07, 6.45) is 8.50. The Morgan fingerprint density at radius 3 is 2.81 bits per heavy atom. The van der Waals surface area contributed by atoms with Gasteiger partial charge in [0.2, 0.25) is 0 Å². The Morgan fingerprint density at radius 1 is 1.19 bits per heavy atom. The fourth-order valence-corrected chi connectivity index (χ4v) is 5.43. The van der Waals surface area contributed by atoms with Crippen molar-refractivity contribution >= 4 is 39.8 Å². The molecule has 2 aromatic carbocycles. The van der Waals surface area contributed by atoms with Crippen LogP contribution in [-0.2, 0) is 0 Å². The van der Waals surface area contributed by atoms with Crippen molar-refractivity contribution in [2.45, 2.75) is 39.7 Å². The van der Waals surface area contributed by atoms with Crippen LogP contribution in [0.4, 0.5) is 0 Å². The second kappa shape index (κ2) is 9.43. The molecule has 2 aliphatic heterocycles. The predicted octanol–water partition coefficient (Wildman–Crippen LogP) is 6.11. The molecule has 0 bridgehead atoms. The van der Waals surface area contributed by atoms with Gasteiger partial charge < -0.3 is 5.32 Å². The molecule has 0 radical (unpaired) electrons. The maximum atomic E-state index is 6.31. The fourth-order valence-electron chi connectivity index (χ4n) is 4.38. The second-order valence-corrected chi connectivity index (χ2v) is 10.3. The number of aryl methyl sites for hydroxylation is 1. The molecule has 0 aliphatic carbocycles. The van der Waals surface area contributed by atoms with Crippen LogP contribution in [0.2, 0.25) is 5.02 Å². The fraction of sp³-hybridized carbons (Fsp3) is 0.296. The molecule has 31 heavy (non-hydrogen) atoms. The largest absolute Gasteiger partial charge is 0.314 e. The van der Waals surface area contributed by atoms with Crippen LogP contribution in [0, 0.1) is 16.4 Å². The molecule has 4 rings (SSSR count). The Kier molecular flexibility index (Phi) is 6.85. The van der Waals surface area contributed by atoms with Crippen LogP contribution >= 0.6 is 34.2 Å². The molecule has 2 atom stereocenters. The molecular weight excluding hydrogens is 515 g/mol. The molecule has 0 spiro atoms. The number of hydrogen-bond donors (Lipinski definition) is 1. The maximum absolute atomic E-state index is 6.31. The van der Waals surface area contributed by atoms with Crippen LogP contribution in [-0.4, -0.2) is 12.6 Å². The number of rotatable bonds is 2. The van der Waals surface area contributed by atoms with E-state index in [2.05, 4.69) is 79.5 Å². The maximum Gasteiger partial charge on any atom is 0.0725 e. The molecule has 2 nitrogen and oxygen atoms in total. The lowest BCUT2D eigenvalue weighted by molar-refractivity contribution is 0.470. The van der Waals surface area contributed by atoms with Crippen molar-refractivity contribution in [1.82, 2.24) is 5.32 Å². The van der Waals surface area contributed by atoms with Gasteiger partial charge in [-0.1, -0.05) is 37.2 Å². The zero-order valence-electron chi connectivity index (χ0n) is 18.3. The summed E-state index contributed by atoms with van der Waals surface area (Å²) in [7, 11) is 0. The SMILES string of the molecule is C=C1C=CN=c2cc(-c3cc(Cl)ccc3C)cc(I)c2=C1/C1=C\[C@@H](C)CN[C@H](C)CC1. The summed E-state index contributed by atoms with van der Waals surface area (Å²) in [5, 5.41) is 6.56. The minimum atomic E-state index is 0.469. The monoisotopic (exact) mass is 542 g/mol. The minimum Gasteiger partial charge on any atom is -0.314 e. The van der Waals surface area contributed by atoms with Crippen LogP contribution < -0.4 is 15.9 Å². The molecule has 2 heterocycles. The van der Waals surface area contributed by atoms with Gasteiger partial charge in [0.05, 0.1) is 5.36 Å². The van der Waals surface area contributed by atoms with E-state index in [1.54, 1.807) is 0 Å². The molecule has 0 unspecified atom stereocenters. The number of halogens is 2. The van der Waals surface area contributed by atoms with E-state index in [4.69, 9.17) is 16.6 Å². The van der Waals surface area contributed by atoms with E-state index in [9.17, 15) is 0 Å². The Morgan fingerprint density at radius 2 is 2.00 bits per heavy atom. The average molecular weight is 543 g/mol. The first-order chi connectivity index (χ1) is 14.8. The summed E-state index contributed by atoms with van der Waals surface area (Å²) in [6, 6.07) is 11.0. The third-order valence-corrected chi connectivity index (χ3v) is 7.17. The van der Waals surface area contributed by atoms with Gasteiger partial charge in [0.15, 0.2) is 0 Å². The first-order valence-corrected chi connectivity index (χ1v) is 12.3. The highest BCUT2D eigenvalue weighted by molar-refractivity contribution is 14.1. The van der Waals surface area contributed by atoms with Crippen LogP contribution in [0.1, 0.15) is 32.3 Å². The lowest BCUT2D eigenvalue weighted by Crippen LogP contribution is -2.33. The van der Waals surface area contributed by atoms with Gasteiger partial charge in [-0.25, -0.2) is 0 Å². The van der Waals surface area contributed by atoms with Crippen LogP contribution in [0.25, 0.3) is 16.7 Å². The number of hydrogen-bond acceptors (Lipinski definition) is 2. The van der Waals surface area contributed by atoms with Gasteiger partial charge in [0.25, 0.3) is 0 Å². The first kappa shape index (κ1) is 22.5. The van der Waals surface area contributed by atoms with E-state index in [1.807, 2.05) is 24.4 Å². The van der Waals surface area contributed by atoms with Crippen molar-refractivity contribution in [3.8, 4) is 11.1 Å². The van der Waals surface area contributed by atoms with Crippen molar-refractivity contribution in [3.05, 3.63) is 91.1 Å². The van der Waals surface area contributed by atoms with Crippen LogP contribution in [0.5, 0.6) is 0 Å². The molecule has 2 aliphatic rings. The number of nitrogens with zero attached hydrogens (tertiary/aromatic N) is 1.